The minimum Gasteiger partial charge on any atom is -0.744 e. The molecule has 0 fully saturated rings. The zero-order valence-corrected chi connectivity index (χ0v) is 13.2. The number of hydrogen-bond acceptors (Lipinski definition) is 5. The Balaban J connectivity index is 2.05. The standard InChI is InChI=1S/C18H13NO4S/c20-24(21,22)16-11-10-14-13-8-4-5-9-15(13)23-18(14)17(16)19-12-6-2-1-3-7-12/h1-11,19H,(H,20,21,22)/p-1. The topological polar surface area (TPSA) is 82.4 Å². The highest BCUT2D eigenvalue weighted by molar-refractivity contribution is 7.86. The minimum absolute atomic E-state index is 0.157. The van der Waals surface area contributed by atoms with Crippen molar-refractivity contribution in [3.05, 3.63) is 66.7 Å². The lowest BCUT2D eigenvalue weighted by atomic mass is 10.1. The van der Waals surface area contributed by atoms with Gasteiger partial charge in [-0.1, -0.05) is 36.4 Å². The molecule has 1 heterocycles. The highest BCUT2D eigenvalue weighted by Crippen LogP contribution is 2.38. The number of furan rings is 1. The molecule has 0 bridgehead atoms. The van der Waals surface area contributed by atoms with Crippen molar-refractivity contribution in [2.24, 2.45) is 0 Å². The van der Waals surface area contributed by atoms with Gasteiger partial charge in [0.25, 0.3) is 0 Å². The molecule has 0 unspecified atom stereocenters. The molecule has 120 valence electrons. The summed E-state index contributed by atoms with van der Waals surface area (Å²) in [7, 11) is -4.65. The molecule has 0 spiro atoms. The lowest BCUT2D eigenvalue weighted by Crippen LogP contribution is -2.04. The van der Waals surface area contributed by atoms with Crippen molar-refractivity contribution in [2.45, 2.75) is 4.90 Å². The molecular weight excluding hydrogens is 326 g/mol. The van der Waals surface area contributed by atoms with Crippen molar-refractivity contribution in [3.8, 4) is 0 Å². The van der Waals surface area contributed by atoms with Gasteiger partial charge >= 0.3 is 0 Å². The molecule has 0 aliphatic carbocycles. The van der Waals surface area contributed by atoms with Gasteiger partial charge in [0, 0.05) is 16.5 Å². The normalized spacial score (nSPS) is 11.9. The van der Waals surface area contributed by atoms with Crippen molar-refractivity contribution in [1.82, 2.24) is 0 Å². The van der Waals surface area contributed by atoms with E-state index in [2.05, 4.69) is 5.32 Å². The summed E-state index contributed by atoms with van der Waals surface area (Å²) >= 11 is 0. The molecule has 6 heteroatoms. The lowest BCUT2D eigenvalue weighted by Gasteiger charge is -2.15. The van der Waals surface area contributed by atoms with Crippen LogP contribution in [0.25, 0.3) is 21.9 Å². The van der Waals surface area contributed by atoms with Crippen molar-refractivity contribution < 1.29 is 17.4 Å². The van der Waals surface area contributed by atoms with E-state index in [0.717, 1.165) is 10.8 Å². The van der Waals surface area contributed by atoms with Crippen molar-refractivity contribution in [1.29, 1.82) is 0 Å². The zero-order chi connectivity index (χ0) is 16.7. The number of anilines is 2. The maximum Gasteiger partial charge on any atom is 0.160 e. The number of rotatable bonds is 3. The van der Waals surface area contributed by atoms with Gasteiger partial charge in [0.2, 0.25) is 0 Å². The van der Waals surface area contributed by atoms with Crippen LogP contribution < -0.4 is 5.32 Å². The monoisotopic (exact) mass is 338 g/mol. The zero-order valence-electron chi connectivity index (χ0n) is 12.4. The summed E-state index contributed by atoms with van der Waals surface area (Å²) in [6.07, 6.45) is 0. The maximum absolute atomic E-state index is 11.7. The summed E-state index contributed by atoms with van der Waals surface area (Å²) in [4.78, 5) is -0.335. The molecule has 0 aliphatic rings. The summed E-state index contributed by atoms with van der Waals surface area (Å²) in [6.45, 7) is 0. The van der Waals surface area contributed by atoms with Crippen LogP contribution in [-0.4, -0.2) is 13.0 Å². The molecular formula is C18H12NO4S-. The van der Waals surface area contributed by atoms with Gasteiger partial charge in [0.15, 0.2) is 5.58 Å². The Labute approximate surface area is 138 Å². The number of para-hydroxylation sites is 2. The van der Waals surface area contributed by atoms with Gasteiger partial charge in [0.05, 0.1) is 4.90 Å². The fraction of sp³-hybridized carbons (Fsp3) is 0. The van der Waals surface area contributed by atoms with Gasteiger partial charge in [-0.25, -0.2) is 8.42 Å². The predicted molar refractivity (Wildman–Crippen MR) is 91.4 cm³/mol. The fourth-order valence-corrected chi connectivity index (χ4v) is 3.39. The summed E-state index contributed by atoms with van der Waals surface area (Å²) in [5.41, 5.74) is 1.79. The second-order valence-electron chi connectivity index (χ2n) is 5.36. The first-order valence-corrected chi connectivity index (χ1v) is 8.67. The molecule has 24 heavy (non-hydrogen) atoms. The molecule has 0 radical (unpaired) electrons. The van der Waals surface area contributed by atoms with Crippen LogP contribution in [0.2, 0.25) is 0 Å². The quantitative estimate of drug-likeness (QED) is 0.565. The van der Waals surface area contributed by atoms with E-state index in [0.29, 0.717) is 16.9 Å². The molecule has 1 N–H and O–H groups in total. The Hall–Kier alpha value is -2.83. The lowest BCUT2D eigenvalue weighted by molar-refractivity contribution is 0.463. The van der Waals surface area contributed by atoms with Crippen LogP contribution in [0.5, 0.6) is 0 Å². The summed E-state index contributed by atoms with van der Waals surface area (Å²) < 4.78 is 40.8. The van der Waals surface area contributed by atoms with Crippen LogP contribution in [0, 0.1) is 0 Å². The van der Waals surface area contributed by atoms with Crippen molar-refractivity contribution in [2.75, 3.05) is 5.32 Å². The van der Waals surface area contributed by atoms with Gasteiger partial charge in [-0.2, -0.15) is 0 Å². The van der Waals surface area contributed by atoms with Crippen molar-refractivity contribution >= 4 is 43.4 Å². The van der Waals surface area contributed by atoms with Crippen LogP contribution in [0.4, 0.5) is 11.4 Å². The van der Waals surface area contributed by atoms with Gasteiger partial charge in [-0.15, -0.1) is 0 Å². The van der Waals surface area contributed by atoms with Gasteiger partial charge in [-0.3, -0.25) is 0 Å². The third-order valence-electron chi connectivity index (χ3n) is 3.82. The highest BCUT2D eigenvalue weighted by atomic mass is 32.2. The third kappa shape index (κ3) is 2.42. The number of nitrogens with one attached hydrogen (secondary N) is 1. The average molecular weight is 338 g/mol. The minimum atomic E-state index is -4.65. The van der Waals surface area contributed by atoms with E-state index in [9.17, 15) is 13.0 Å². The van der Waals surface area contributed by atoms with E-state index in [4.69, 9.17) is 4.42 Å². The molecule has 3 aromatic carbocycles. The maximum atomic E-state index is 11.7. The Kier molecular flexibility index (Phi) is 3.30. The highest BCUT2D eigenvalue weighted by Gasteiger charge is 2.18. The smallest absolute Gasteiger partial charge is 0.160 e. The molecule has 5 nitrogen and oxygen atoms in total. The van der Waals surface area contributed by atoms with Gasteiger partial charge in [0.1, 0.15) is 21.4 Å². The van der Waals surface area contributed by atoms with Gasteiger partial charge in [-0.05, 0) is 30.3 Å². The Morgan fingerprint density at radius 2 is 1.54 bits per heavy atom. The number of fused-ring (bicyclic) bond motifs is 3. The molecule has 0 aliphatic heterocycles. The van der Waals surface area contributed by atoms with Gasteiger partial charge < -0.3 is 14.3 Å². The first-order valence-electron chi connectivity index (χ1n) is 7.26. The number of hydrogen-bond donors (Lipinski definition) is 1. The van der Waals surface area contributed by atoms with E-state index < -0.39 is 10.1 Å². The molecule has 4 aromatic rings. The van der Waals surface area contributed by atoms with Crippen LogP contribution in [0.15, 0.2) is 76.0 Å². The van der Waals surface area contributed by atoms with Crippen LogP contribution in [-0.2, 0) is 10.1 Å². The summed E-state index contributed by atoms with van der Waals surface area (Å²) in [6, 6.07) is 19.3. The fourth-order valence-electron chi connectivity index (χ4n) is 2.76. The van der Waals surface area contributed by atoms with Crippen LogP contribution >= 0.6 is 0 Å². The molecule has 0 saturated heterocycles. The predicted octanol–water partition coefficient (Wildman–Crippen LogP) is 4.23. The summed E-state index contributed by atoms with van der Waals surface area (Å²) in [5.74, 6) is 0. The molecule has 4 rings (SSSR count). The largest absolute Gasteiger partial charge is 0.744 e. The van der Waals surface area contributed by atoms with E-state index in [1.54, 1.807) is 24.3 Å². The molecule has 0 saturated carbocycles. The van der Waals surface area contributed by atoms with E-state index in [-0.39, 0.29) is 10.6 Å². The summed E-state index contributed by atoms with van der Waals surface area (Å²) in [5, 5.41) is 4.62. The van der Waals surface area contributed by atoms with E-state index >= 15 is 0 Å². The SMILES string of the molecule is O=S(=O)([O-])c1ccc2c(oc3ccccc32)c1Nc1ccccc1. The van der Waals surface area contributed by atoms with E-state index in [1.165, 1.54) is 6.07 Å². The number of benzene rings is 3. The molecule has 0 atom stereocenters. The first-order chi connectivity index (χ1) is 11.5. The Morgan fingerprint density at radius 1 is 0.833 bits per heavy atom. The Bertz CT molecular complexity index is 1150. The third-order valence-corrected chi connectivity index (χ3v) is 4.70. The van der Waals surface area contributed by atoms with E-state index in [1.807, 2.05) is 36.4 Å². The van der Waals surface area contributed by atoms with Crippen LogP contribution in [0.1, 0.15) is 0 Å². The molecule has 1 aromatic heterocycles. The average Bonchev–Trinajstić information content (AvgIpc) is 2.94. The molecule has 0 amide bonds. The second kappa shape index (κ2) is 5.36. The van der Waals surface area contributed by atoms with Crippen molar-refractivity contribution in [3.63, 3.8) is 0 Å². The first kappa shape index (κ1) is 14.7. The van der Waals surface area contributed by atoms with Crippen LogP contribution in [0.3, 0.4) is 0 Å². The second-order valence-corrected chi connectivity index (χ2v) is 6.71. The Morgan fingerprint density at radius 3 is 2.29 bits per heavy atom.